The Morgan fingerprint density at radius 2 is 2.41 bits per heavy atom. The summed E-state index contributed by atoms with van der Waals surface area (Å²) in [6, 6.07) is 2.04. The molecule has 0 aliphatic carbocycles. The normalized spacial score (nSPS) is 29.3. The first kappa shape index (κ1) is 22.8. The highest BCUT2D eigenvalue weighted by molar-refractivity contribution is 7.45. The molecular weight excluding hydrogens is 435 g/mol. The fraction of sp³-hybridized carbons (Fsp3) is 0.632. The van der Waals surface area contributed by atoms with Crippen molar-refractivity contribution in [3.63, 3.8) is 0 Å². The van der Waals surface area contributed by atoms with Crippen molar-refractivity contribution in [2.24, 2.45) is 14.7 Å². The molecule has 32 heavy (non-hydrogen) atoms. The van der Waals surface area contributed by atoms with Crippen molar-refractivity contribution in [1.29, 1.82) is 5.26 Å². The zero-order valence-electron chi connectivity index (χ0n) is 18.3. The van der Waals surface area contributed by atoms with Crippen LogP contribution in [-0.4, -0.2) is 78.6 Å². The van der Waals surface area contributed by atoms with Crippen LogP contribution in [-0.2, 0) is 25.1 Å². The summed E-state index contributed by atoms with van der Waals surface area (Å²) < 4.78 is 30.3. The fourth-order valence-electron chi connectivity index (χ4n) is 3.86. The molecule has 0 amide bonds. The quantitative estimate of drug-likeness (QED) is 0.255. The minimum Gasteiger partial charge on any atom is -0.369 e. The number of imidazole rings is 1. The third-order valence-electron chi connectivity index (χ3n) is 5.47. The molecule has 5 atom stereocenters. The molecule has 2 bridgehead atoms. The van der Waals surface area contributed by atoms with Gasteiger partial charge in [-0.1, -0.05) is 6.92 Å². The standard InChI is InChI=1S/C19H27N8O4P/c1-5-19-10-28-14(15(19)31-32(21-2)29-8-6-7-20)17(30-19)27-12-23-13-9-22-18(25-16(13)27)24-11-26(3)4/h11-12,14-15,17H,2,5-6,8-10H2,1,3-4H3,(H,22,25)/t14-,15?,17+,19-,32?/m0/s1. The largest absolute Gasteiger partial charge is 0.369 e. The van der Waals surface area contributed by atoms with Gasteiger partial charge in [0.2, 0.25) is 5.96 Å². The van der Waals surface area contributed by atoms with Crippen molar-refractivity contribution >= 4 is 33.4 Å². The number of hydrogen-bond donors (Lipinski definition) is 1. The van der Waals surface area contributed by atoms with E-state index < -0.39 is 26.5 Å². The second-order valence-corrected chi connectivity index (χ2v) is 9.00. The smallest absolute Gasteiger partial charge is 0.310 e. The number of ether oxygens (including phenoxy) is 2. The van der Waals surface area contributed by atoms with E-state index in [1.807, 2.05) is 36.6 Å². The van der Waals surface area contributed by atoms with E-state index in [4.69, 9.17) is 23.8 Å². The summed E-state index contributed by atoms with van der Waals surface area (Å²) in [5.41, 5.74) is 0.170. The van der Waals surface area contributed by atoms with Gasteiger partial charge in [0.15, 0.2) is 6.23 Å². The maximum atomic E-state index is 8.74. The van der Waals surface area contributed by atoms with Crippen molar-refractivity contribution < 1.29 is 18.5 Å². The molecule has 2 fully saturated rings. The van der Waals surface area contributed by atoms with Gasteiger partial charge in [0.1, 0.15) is 29.3 Å². The van der Waals surface area contributed by atoms with E-state index >= 15 is 0 Å². The maximum absolute atomic E-state index is 8.74. The van der Waals surface area contributed by atoms with Gasteiger partial charge in [-0.05, 0) is 13.1 Å². The van der Waals surface area contributed by atoms with Crippen LogP contribution in [0.15, 0.2) is 21.1 Å². The number of fused-ring (bicyclic) bond motifs is 3. The van der Waals surface area contributed by atoms with Crippen LogP contribution in [0.2, 0.25) is 0 Å². The van der Waals surface area contributed by atoms with Crippen LogP contribution in [0.5, 0.6) is 0 Å². The first-order chi connectivity index (χ1) is 15.5. The third kappa shape index (κ3) is 4.27. The van der Waals surface area contributed by atoms with Gasteiger partial charge in [0.25, 0.3) is 0 Å². The highest BCUT2D eigenvalue weighted by Gasteiger charge is 2.63. The van der Waals surface area contributed by atoms with E-state index in [2.05, 4.69) is 31.8 Å². The molecule has 4 heterocycles. The average molecular weight is 462 g/mol. The topological polar surface area (TPSA) is 131 Å². The Balaban J connectivity index is 1.53. The highest BCUT2D eigenvalue weighted by Crippen LogP contribution is 2.54. The van der Waals surface area contributed by atoms with E-state index in [1.54, 1.807) is 12.7 Å². The average Bonchev–Trinajstić information content (AvgIpc) is 3.46. The highest BCUT2D eigenvalue weighted by atomic mass is 31.2. The van der Waals surface area contributed by atoms with Crippen molar-refractivity contribution in [2.45, 2.75) is 50.3 Å². The monoisotopic (exact) mass is 462 g/mol. The molecule has 2 saturated heterocycles. The number of aromatic nitrogens is 2. The van der Waals surface area contributed by atoms with Gasteiger partial charge in [-0.15, -0.1) is 0 Å². The van der Waals surface area contributed by atoms with Gasteiger partial charge in [-0.25, -0.2) is 19.7 Å². The van der Waals surface area contributed by atoms with E-state index in [0.717, 1.165) is 11.5 Å². The molecule has 1 aromatic heterocycles. The molecule has 3 aliphatic rings. The molecule has 0 radical (unpaired) electrons. The van der Waals surface area contributed by atoms with E-state index in [9.17, 15) is 0 Å². The van der Waals surface area contributed by atoms with Gasteiger partial charge >= 0.3 is 8.53 Å². The summed E-state index contributed by atoms with van der Waals surface area (Å²) in [7, 11) is 2.17. The Bertz CT molecular complexity index is 944. The van der Waals surface area contributed by atoms with E-state index in [1.165, 1.54) is 0 Å². The molecule has 0 saturated carbocycles. The maximum Gasteiger partial charge on any atom is 0.310 e. The molecule has 4 rings (SSSR count). The molecule has 13 heteroatoms. The number of aliphatic imine (C=N–C) groups is 2. The van der Waals surface area contributed by atoms with Gasteiger partial charge < -0.3 is 28.7 Å². The first-order valence-corrected chi connectivity index (χ1v) is 11.4. The predicted molar refractivity (Wildman–Crippen MR) is 120 cm³/mol. The molecular formula is C19H27N8O4P. The minimum atomic E-state index is -1.62. The second kappa shape index (κ2) is 9.60. The number of anilines is 1. The van der Waals surface area contributed by atoms with Crippen molar-refractivity contribution in [1.82, 2.24) is 14.5 Å². The lowest BCUT2D eigenvalue weighted by Crippen LogP contribution is -2.40. The summed E-state index contributed by atoms with van der Waals surface area (Å²) in [6.07, 6.45) is 3.13. The van der Waals surface area contributed by atoms with Crippen LogP contribution in [0.3, 0.4) is 0 Å². The number of nitriles is 1. The van der Waals surface area contributed by atoms with Crippen molar-refractivity contribution in [2.75, 3.05) is 32.6 Å². The predicted octanol–water partition coefficient (Wildman–Crippen LogP) is 2.07. The second-order valence-electron chi connectivity index (χ2n) is 7.77. The van der Waals surface area contributed by atoms with E-state index in [-0.39, 0.29) is 19.1 Å². The SMILES string of the molecule is C=NP(OCCC#N)OC1[C@@H]2OC[C@]1(CC)O[C@H]2n1cnc2c1NC(N=CN(C)C)=NC2. The molecule has 0 spiro atoms. The van der Waals surface area contributed by atoms with Crippen LogP contribution in [0, 0.1) is 11.3 Å². The summed E-state index contributed by atoms with van der Waals surface area (Å²) in [5.74, 6) is 1.27. The van der Waals surface area contributed by atoms with Crippen LogP contribution in [0.4, 0.5) is 5.82 Å². The summed E-state index contributed by atoms with van der Waals surface area (Å²) in [4.78, 5) is 15.1. The Labute approximate surface area is 187 Å². The zero-order valence-corrected chi connectivity index (χ0v) is 19.2. The summed E-state index contributed by atoms with van der Waals surface area (Å²) >= 11 is 0. The first-order valence-electron chi connectivity index (χ1n) is 10.3. The van der Waals surface area contributed by atoms with Gasteiger partial charge in [0.05, 0.1) is 44.9 Å². The number of hydrogen-bond acceptors (Lipinski definition) is 10. The summed E-state index contributed by atoms with van der Waals surface area (Å²) in [5, 5.41) is 12.0. The van der Waals surface area contributed by atoms with Gasteiger partial charge in [-0.2, -0.15) is 5.26 Å². The van der Waals surface area contributed by atoms with Gasteiger partial charge in [0, 0.05) is 14.1 Å². The fourth-order valence-corrected chi connectivity index (χ4v) is 4.82. The van der Waals surface area contributed by atoms with E-state index in [0.29, 0.717) is 25.5 Å². The number of guanidine groups is 1. The van der Waals surface area contributed by atoms with Crippen LogP contribution < -0.4 is 5.32 Å². The van der Waals surface area contributed by atoms with Crippen molar-refractivity contribution in [3.05, 3.63) is 12.0 Å². The molecule has 3 aliphatic heterocycles. The molecule has 1 N–H and O–H groups in total. The van der Waals surface area contributed by atoms with Gasteiger partial charge in [-0.3, -0.25) is 4.57 Å². The molecule has 172 valence electrons. The Morgan fingerprint density at radius 3 is 3.12 bits per heavy atom. The number of nitrogens with one attached hydrogen (secondary N) is 1. The number of nitrogens with zero attached hydrogens (tertiary/aromatic N) is 7. The summed E-state index contributed by atoms with van der Waals surface area (Å²) in [6.45, 7) is 6.68. The lowest BCUT2D eigenvalue weighted by atomic mass is 9.96. The lowest BCUT2D eigenvalue weighted by Gasteiger charge is -2.31. The van der Waals surface area contributed by atoms with Crippen LogP contribution >= 0.6 is 8.53 Å². The molecule has 12 nitrogen and oxygen atoms in total. The lowest BCUT2D eigenvalue weighted by molar-refractivity contribution is -0.173. The zero-order chi connectivity index (χ0) is 22.7. The van der Waals surface area contributed by atoms with Crippen LogP contribution in [0.1, 0.15) is 31.7 Å². The molecule has 1 aromatic rings. The third-order valence-corrected chi connectivity index (χ3v) is 6.51. The molecule has 2 unspecified atom stereocenters. The van der Waals surface area contributed by atoms with Crippen LogP contribution in [0.25, 0.3) is 0 Å². The Kier molecular flexibility index (Phi) is 6.83. The number of rotatable bonds is 9. The Morgan fingerprint density at radius 1 is 1.56 bits per heavy atom. The molecule has 0 aromatic carbocycles. The van der Waals surface area contributed by atoms with Crippen molar-refractivity contribution in [3.8, 4) is 6.07 Å². The Hall–Kier alpha value is -2.42. The minimum absolute atomic E-state index is 0.234.